The summed E-state index contributed by atoms with van der Waals surface area (Å²) in [5.74, 6) is 0.102. The number of hydrogen-bond donors (Lipinski definition) is 1. The third kappa shape index (κ3) is 4.46. The first-order valence-electron chi connectivity index (χ1n) is 8.28. The molecular weight excluding hydrogens is 356 g/mol. The lowest BCUT2D eigenvalue weighted by Crippen LogP contribution is -2.29. The van der Waals surface area contributed by atoms with Crippen molar-refractivity contribution < 1.29 is 13.9 Å². The molecule has 0 unspecified atom stereocenters. The Bertz CT molecular complexity index is 960. The highest BCUT2D eigenvalue weighted by atomic mass is 35.5. The van der Waals surface area contributed by atoms with Gasteiger partial charge in [0.2, 0.25) is 5.91 Å². The fraction of sp³-hybridized carbons (Fsp3) is 0.263. The molecule has 0 saturated heterocycles. The molecule has 0 aliphatic heterocycles. The van der Waals surface area contributed by atoms with Crippen LogP contribution in [0.3, 0.4) is 0 Å². The highest BCUT2D eigenvalue weighted by Gasteiger charge is 2.11. The van der Waals surface area contributed by atoms with Crippen molar-refractivity contribution in [1.82, 2.24) is 9.88 Å². The SMILES string of the molecule is Cc1ccc(OCCNC(=O)CCn2c(=O)oc3cc(Cl)ccc32)cc1. The van der Waals surface area contributed by atoms with E-state index in [0.717, 1.165) is 11.3 Å². The molecule has 0 saturated carbocycles. The average molecular weight is 375 g/mol. The molecule has 3 rings (SSSR count). The number of nitrogens with one attached hydrogen (secondary N) is 1. The second-order valence-corrected chi connectivity index (χ2v) is 6.33. The minimum absolute atomic E-state index is 0.160. The minimum atomic E-state index is -0.502. The van der Waals surface area contributed by atoms with E-state index < -0.39 is 5.76 Å². The predicted molar refractivity (Wildman–Crippen MR) is 99.8 cm³/mol. The molecule has 6 nitrogen and oxygen atoms in total. The molecule has 0 spiro atoms. The van der Waals surface area contributed by atoms with Crippen molar-refractivity contribution in [3.05, 3.63) is 63.6 Å². The summed E-state index contributed by atoms with van der Waals surface area (Å²) >= 11 is 5.88. The summed E-state index contributed by atoms with van der Waals surface area (Å²) in [5.41, 5.74) is 2.19. The second kappa shape index (κ2) is 8.10. The molecule has 136 valence electrons. The standard InChI is InChI=1S/C19H19ClN2O4/c1-13-2-5-15(6-3-13)25-11-9-21-18(23)8-10-22-16-7-4-14(20)12-17(16)26-19(22)24/h2-7,12H,8-11H2,1H3,(H,21,23). The number of amides is 1. The first-order chi connectivity index (χ1) is 12.5. The van der Waals surface area contributed by atoms with Crippen molar-refractivity contribution in [1.29, 1.82) is 0 Å². The van der Waals surface area contributed by atoms with Gasteiger partial charge in [-0.05, 0) is 31.2 Å². The van der Waals surface area contributed by atoms with Crippen molar-refractivity contribution in [2.24, 2.45) is 0 Å². The molecule has 1 aromatic heterocycles. The zero-order chi connectivity index (χ0) is 18.5. The summed E-state index contributed by atoms with van der Waals surface area (Å²) < 4.78 is 12.1. The maximum Gasteiger partial charge on any atom is 0.419 e. The normalized spacial score (nSPS) is 10.8. The fourth-order valence-electron chi connectivity index (χ4n) is 2.55. The van der Waals surface area contributed by atoms with Crippen LogP contribution in [0.15, 0.2) is 51.7 Å². The third-order valence-corrected chi connectivity index (χ3v) is 4.14. The molecular formula is C19H19ClN2O4. The van der Waals surface area contributed by atoms with Gasteiger partial charge in [0.05, 0.1) is 12.1 Å². The van der Waals surface area contributed by atoms with Crippen LogP contribution in [0.4, 0.5) is 0 Å². The van der Waals surface area contributed by atoms with Gasteiger partial charge >= 0.3 is 5.76 Å². The van der Waals surface area contributed by atoms with Crippen molar-refractivity contribution in [3.63, 3.8) is 0 Å². The van der Waals surface area contributed by atoms with Gasteiger partial charge < -0.3 is 14.5 Å². The monoisotopic (exact) mass is 374 g/mol. The lowest BCUT2D eigenvalue weighted by Gasteiger charge is -2.08. The Hall–Kier alpha value is -2.73. The highest BCUT2D eigenvalue weighted by Crippen LogP contribution is 2.18. The van der Waals surface area contributed by atoms with E-state index in [2.05, 4.69) is 5.32 Å². The number of aromatic nitrogens is 1. The zero-order valence-electron chi connectivity index (χ0n) is 14.3. The number of aryl methyl sites for hydroxylation is 2. The molecule has 1 heterocycles. The lowest BCUT2D eigenvalue weighted by molar-refractivity contribution is -0.121. The fourth-order valence-corrected chi connectivity index (χ4v) is 2.71. The number of carbonyl (C=O) groups excluding carboxylic acids is 1. The first-order valence-corrected chi connectivity index (χ1v) is 8.66. The molecule has 0 bridgehead atoms. The Morgan fingerprint density at radius 3 is 2.77 bits per heavy atom. The summed E-state index contributed by atoms with van der Waals surface area (Å²) in [6, 6.07) is 12.7. The molecule has 0 radical (unpaired) electrons. The second-order valence-electron chi connectivity index (χ2n) is 5.89. The maximum absolute atomic E-state index is 12.0. The Kier molecular flexibility index (Phi) is 5.63. The van der Waals surface area contributed by atoms with E-state index in [0.29, 0.717) is 29.3 Å². The van der Waals surface area contributed by atoms with Crippen LogP contribution in [0, 0.1) is 6.92 Å². The van der Waals surface area contributed by atoms with Crippen LogP contribution in [0.5, 0.6) is 5.75 Å². The molecule has 7 heteroatoms. The number of carbonyl (C=O) groups is 1. The zero-order valence-corrected chi connectivity index (χ0v) is 15.1. The van der Waals surface area contributed by atoms with Gasteiger partial charge in [-0.25, -0.2) is 4.79 Å². The molecule has 0 aliphatic carbocycles. The van der Waals surface area contributed by atoms with Crippen molar-refractivity contribution in [2.45, 2.75) is 19.9 Å². The summed E-state index contributed by atoms with van der Waals surface area (Å²) in [4.78, 5) is 23.9. The van der Waals surface area contributed by atoms with Crippen LogP contribution < -0.4 is 15.8 Å². The van der Waals surface area contributed by atoms with E-state index in [9.17, 15) is 9.59 Å². The van der Waals surface area contributed by atoms with Crippen LogP contribution in [0.2, 0.25) is 5.02 Å². The van der Waals surface area contributed by atoms with E-state index in [1.807, 2.05) is 31.2 Å². The van der Waals surface area contributed by atoms with Gasteiger partial charge in [-0.15, -0.1) is 0 Å². The topological polar surface area (TPSA) is 73.5 Å². The van der Waals surface area contributed by atoms with Crippen LogP contribution >= 0.6 is 11.6 Å². The molecule has 0 atom stereocenters. The number of rotatable bonds is 7. The van der Waals surface area contributed by atoms with Crippen LogP contribution in [-0.2, 0) is 11.3 Å². The third-order valence-electron chi connectivity index (χ3n) is 3.91. The van der Waals surface area contributed by atoms with E-state index in [1.165, 1.54) is 4.57 Å². The molecule has 0 aliphatic rings. The summed E-state index contributed by atoms with van der Waals surface area (Å²) in [6.45, 7) is 3.01. The van der Waals surface area contributed by atoms with Crippen molar-refractivity contribution >= 4 is 28.6 Å². The molecule has 0 fully saturated rings. The van der Waals surface area contributed by atoms with Gasteiger partial charge in [0.15, 0.2) is 5.58 Å². The molecule has 1 amide bonds. The van der Waals surface area contributed by atoms with Gasteiger partial charge in [-0.3, -0.25) is 9.36 Å². The number of ether oxygens (including phenoxy) is 1. The number of benzene rings is 2. The van der Waals surface area contributed by atoms with Crippen molar-refractivity contribution in [3.8, 4) is 5.75 Å². The molecule has 2 aromatic carbocycles. The number of nitrogens with zero attached hydrogens (tertiary/aromatic N) is 1. The largest absolute Gasteiger partial charge is 0.492 e. The van der Waals surface area contributed by atoms with Gasteiger partial charge in [0, 0.05) is 24.1 Å². The summed E-state index contributed by atoms with van der Waals surface area (Å²) in [7, 11) is 0. The molecule has 26 heavy (non-hydrogen) atoms. The summed E-state index contributed by atoms with van der Waals surface area (Å²) in [6.07, 6.45) is 0.168. The Morgan fingerprint density at radius 1 is 1.23 bits per heavy atom. The van der Waals surface area contributed by atoms with E-state index in [-0.39, 0.29) is 18.9 Å². The lowest BCUT2D eigenvalue weighted by atomic mass is 10.2. The average Bonchev–Trinajstić information content (AvgIpc) is 2.92. The number of fused-ring (bicyclic) bond motifs is 1. The van der Waals surface area contributed by atoms with Crippen LogP contribution in [0.1, 0.15) is 12.0 Å². The van der Waals surface area contributed by atoms with Gasteiger partial charge in [-0.1, -0.05) is 29.3 Å². The Balaban J connectivity index is 1.46. The van der Waals surface area contributed by atoms with E-state index >= 15 is 0 Å². The maximum atomic E-state index is 12.0. The van der Waals surface area contributed by atoms with Crippen molar-refractivity contribution in [2.75, 3.05) is 13.2 Å². The van der Waals surface area contributed by atoms with E-state index in [1.54, 1.807) is 18.2 Å². The molecule has 1 N–H and O–H groups in total. The van der Waals surface area contributed by atoms with Gasteiger partial charge in [-0.2, -0.15) is 0 Å². The molecule has 3 aromatic rings. The number of hydrogen-bond acceptors (Lipinski definition) is 4. The van der Waals surface area contributed by atoms with Gasteiger partial charge in [0.1, 0.15) is 12.4 Å². The smallest absolute Gasteiger partial charge is 0.419 e. The Morgan fingerprint density at radius 2 is 2.00 bits per heavy atom. The number of oxazole rings is 1. The first kappa shape index (κ1) is 18.1. The quantitative estimate of drug-likeness (QED) is 0.645. The van der Waals surface area contributed by atoms with Crippen LogP contribution in [0.25, 0.3) is 11.1 Å². The van der Waals surface area contributed by atoms with Gasteiger partial charge in [0.25, 0.3) is 0 Å². The predicted octanol–water partition coefficient (Wildman–Crippen LogP) is 3.14. The number of halogens is 1. The highest BCUT2D eigenvalue weighted by molar-refractivity contribution is 6.31. The Labute approximate surface area is 155 Å². The van der Waals surface area contributed by atoms with E-state index in [4.69, 9.17) is 20.8 Å². The summed E-state index contributed by atoms with van der Waals surface area (Å²) in [5, 5.41) is 3.26. The van der Waals surface area contributed by atoms with Crippen LogP contribution in [-0.4, -0.2) is 23.6 Å². The minimum Gasteiger partial charge on any atom is -0.492 e.